The first-order valence-electron chi connectivity index (χ1n) is 9.55. The second-order valence-electron chi connectivity index (χ2n) is 7.42. The topological polar surface area (TPSA) is 53.6 Å². The van der Waals surface area contributed by atoms with E-state index in [9.17, 15) is 4.79 Å². The first-order chi connectivity index (χ1) is 12.2. The van der Waals surface area contributed by atoms with Gasteiger partial charge in [0.2, 0.25) is 0 Å². The molecule has 1 aromatic carbocycles. The quantitative estimate of drug-likeness (QED) is 0.780. The molecule has 0 aromatic heterocycles. The van der Waals surface area contributed by atoms with Crippen LogP contribution in [-0.2, 0) is 6.42 Å². The number of piperidine rings is 2. The van der Waals surface area contributed by atoms with Gasteiger partial charge >= 0.3 is 6.03 Å². The predicted octanol–water partition coefficient (Wildman–Crippen LogP) is 2.94. The van der Waals surface area contributed by atoms with Gasteiger partial charge in [-0.15, -0.1) is 0 Å². The van der Waals surface area contributed by atoms with Gasteiger partial charge < -0.3 is 20.3 Å². The van der Waals surface area contributed by atoms with Crippen LogP contribution in [0.3, 0.4) is 0 Å². The lowest BCUT2D eigenvalue weighted by molar-refractivity contribution is 0.0509. The van der Waals surface area contributed by atoms with E-state index in [1.165, 1.54) is 24.8 Å². The summed E-state index contributed by atoms with van der Waals surface area (Å²) in [6.07, 6.45) is 7.97. The first-order valence-corrected chi connectivity index (χ1v) is 9.55. The third-order valence-electron chi connectivity index (χ3n) is 5.76. The maximum Gasteiger partial charge on any atom is 0.315 e. The highest BCUT2D eigenvalue weighted by Crippen LogP contribution is 2.32. The Kier molecular flexibility index (Phi) is 6.19. The molecular weight excluding hydrogens is 314 g/mol. The number of amides is 2. The largest absolute Gasteiger partial charge is 0.497 e. The fraction of sp³-hybridized carbons (Fsp3) is 0.650. The third kappa shape index (κ3) is 4.88. The van der Waals surface area contributed by atoms with Crippen LogP contribution in [0.1, 0.15) is 44.1 Å². The van der Waals surface area contributed by atoms with Gasteiger partial charge in [-0.3, -0.25) is 0 Å². The minimum atomic E-state index is -0.0117. The van der Waals surface area contributed by atoms with Crippen LogP contribution < -0.4 is 15.4 Å². The van der Waals surface area contributed by atoms with E-state index in [4.69, 9.17) is 4.74 Å². The van der Waals surface area contributed by atoms with E-state index < -0.39 is 0 Å². The first kappa shape index (κ1) is 18.1. The van der Waals surface area contributed by atoms with Crippen LogP contribution in [0.25, 0.3) is 0 Å². The summed E-state index contributed by atoms with van der Waals surface area (Å²) in [6, 6.07) is 9.72. The molecule has 0 saturated carbocycles. The predicted molar refractivity (Wildman–Crippen MR) is 100 cm³/mol. The minimum absolute atomic E-state index is 0.0117. The van der Waals surface area contributed by atoms with Crippen molar-refractivity contribution in [3.63, 3.8) is 0 Å². The van der Waals surface area contributed by atoms with Crippen molar-refractivity contribution in [1.29, 1.82) is 0 Å². The number of benzene rings is 1. The molecule has 1 aromatic rings. The number of urea groups is 1. The van der Waals surface area contributed by atoms with Crippen LogP contribution in [0.2, 0.25) is 0 Å². The van der Waals surface area contributed by atoms with Crippen LogP contribution in [0.4, 0.5) is 4.79 Å². The van der Waals surface area contributed by atoms with Crippen molar-refractivity contribution in [3.8, 4) is 5.75 Å². The zero-order valence-corrected chi connectivity index (χ0v) is 15.5. The molecule has 1 unspecified atom stereocenters. The summed E-state index contributed by atoms with van der Waals surface area (Å²) in [5.41, 5.74) is 1.27. The molecular formula is C20H31N3O2. The molecule has 2 amide bonds. The Morgan fingerprint density at radius 3 is 2.52 bits per heavy atom. The van der Waals surface area contributed by atoms with Crippen molar-refractivity contribution in [2.75, 3.05) is 20.7 Å². The van der Waals surface area contributed by atoms with Crippen molar-refractivity contribution < 1.29 is 9.53 Å². The molecule has 0 aliphatic carbocycles. The van der Waals surface area contributed by atoms with Crippen LogP contribution >= 0.6 is 0 Å². The van der Waals surface area contributed by atoms with Gasteiger partial charge in [-0.2, -0.15) is 0 Å². The number of nitrogens with one attached hydrogen (secondary N) is 2. The number of carbonyl (C=O) groups is 1. The SMILES string of the molecule is COc1ccc(CCCNC(=O)NC2C[C@H]3CCC[C@@H](C2)N3C)cc1. The molecule has 2 saturated heterocycles. The summed E-state index contributed by atoms with van der Waals surface area (Å²) in [5, 5.41) is 6.20. The Hall–Kier alpha value is -1.75. The lowest BCUT2D eigenvalue weighted by Crippen LogP contribution is -2.56. The average Bonchev–Trinajstić information content (AvgIpc) is 2.60. The Labute approximate surface area is 151 Å². The zero-order valence-electron chi connectivity index (χ0n) is 15.5. The van der Waals surface area contributed by atoms with Crippen molar-refractivity contribution in [3.05, 3.63) is 29.8 Å². The molecule has 0 spiro atoms. The molecule has 0 radical (unpaired) electrons. The molecule has 2 aliphatic rings. The highest BCUT2D eigenvalue weighted by Gasteiger charge is 2.36. The van der Waals surface area contributed by atoms with Gasteiger partial charge in [-0.25, -0.2) is 4.79 Å². The van der Waals surface area contributed by atoms with E-state index in [0.29, 0.717) is 24.7 Å². The zero-order chi connectivity index (χ0) is 17.6. The highest BCUT2D eigenvalue weighted by molar-refractivity contribution is 5.74. The third-order valence-corrected chi connectivity index (χ3v) is 5.76. The molecule has 2 aliphatic heterocycles. The standard InChI is InChI=1S/C20H31N3O2/c1-23-17-6-3-7-18(23)14-16(13-17)22-20(24)21-12-4-5-15-8-10-19(25-2)11-9-15/h8-11,16-18H,3-7,12-14H2,1-2H3,(H2,21,22,24)/t16?,17-,18+. The smallest absolute Gasteiger partial charge is 0.315 e. The Balaban J connectivity index is 1.34. The fourth-order valence-electron chi connectivity index (χ4n) is 4.26. The average molecular weight is 345 g/mol. The van der Waals surface area contributed by atoms with Crippen molar-refractivity contribution >= 4 is 6.03 Å². The molecule has 5 nitrogen and oxygen atoms in total. The fourth-order valence-corrected chi connectivity index (χ4v) is 4.26. The molecule has 2 N–H and O–H groups in total. The lowest BCUT2D eigenvalue weighted by Gasteiger charge is -2.47. The molecule has 25 heavy (non-hydrogen) atoms. The van der Waals surface area contributed by atoms with Gasteiger partial charge in [-0.1, -0.05) is 18.6 Å². The summed E-state index contributed by atoms with van der Waals surface area (Å²) in [6.45, 7) is 0.706. The summed E-state index contributed by atoms with van der Waals surface area (Å²) in [4.78, 5) is 14.7. The molecule has 5 heteroatoms. The van der Waals surface area contributed by atoms with E-state index in [2.05, 4.69) is 34.7 Å². The van der Waals surface area contributed by atoms with Gasteiger partial charge in [0.25, 0.3) is 0 Å². The molecule has 3 atom stereocenters. The van der Waals surface area contributed by atoms with E-state index >= 15 is 0 Å². The Morgan fingerprint density at radius 2 is 1.88 bits per heavy atom. The second-order valence-corrected chi connectivity index (χ2v) is 7.42. The van der Waals surface area contributed by atoms with Gasteiger partial charge in [0.15, 0.2) is 0 Å². The number of aryl methyl sites for hydroxylation is 1. The summed E-state index contributed by atoms with van der Waals surface area (Å²) in [7, 11) is 3.92. The van der Waals surface area contributed by atoms with Crippen molar-refractivity contribution in [2.24, 2.45) is 0 Å². The summed E-state index contributed by atoms with van der Waals surface area (Å²) in [5.74, 6) is 0.879. The van der Waals surface area contributed by atoms with Gasteiger partial charge in [0.05, 0.1) is 7.11 Å². The van der Waals surface area contributed by atoms with E-state index in [0.717, 1.165) is 31.4 Å². The number of nitrogens with zero attached hydrogens (tertiary/aromatic N) is 1. The van der Waals surface area contributed by atoms with Crippen LogP contribution in [-0.4, -0.2) is 49.8 Å². The van der Waals surface area contributed by atoms with Gasteiger partial charge in [0, 0.05) is 24.7 Å². The van der Waals surface area contributed by atoms with Gasteiger partial charge in [0.1, 0.15) is 5.75 Å². The molecule has 2 fully saturated rings. The van der Waals surface area contributed by atoms with Crippen LogP contribution in [0.15, 0.2) is 24.3 Å². The Morgan fingerprint density at radius 1 is 1.20 bits per heavy atom. The molecule has 2 heterocycles. The summed E-state index contributed by atoms with van der Waals surface area (Å²) < 4.78 is 5.16. The number of fused-ring (bicyclic) bond motifs is 2. The normalized spacial score (nSPS) is 26.1. The Bertz CT molecular complexity index is 547. The lowest BCUT2D eigenvalue weighted by atomic mass is 9.82. The number of carbonyl (C=O) groups excluding carboxylic acids is 1. The maximum absolute atomic E-state index is 12.2. The maximum atomic E-state index is 12.2. The van der Waals surface area contributed by atoms with Crippen LogP contribution in [0.5, 0.6) is 5.75 Å². The molecule has 3 rings (SSSR count). The highest BCUT2D eigenvalue weighted by atomic mass is 16.5. The van der Waals surface area contributed by atoms with Gasteiger partial charge in [-0.05, 0) is 63.3 Å². The van der Waals surface area contributed by atoms with Crippen molar-refractivity contribution in [1.82, 2.24) is 15.5 Å². The minimum Gasteiger partial charge on any atom is -0.497 e. The van der Waals surface area contributed by atoms with E-state index in [-0.39, 0.29) is 6.03 Å². The number of hydrogen-bond acceptors (Lipinski definition) is 3. The van der Waals surface area contributed by atoms with Crippen molar-refractivity contribution in [2.45, 2.75) is 63.1 Å². The monoisotopic (exact) mass is 345 g/mol. The molecule has 138 valence electrons. The second kappa shape index (κ2) is 8.56. The number of methoxy groups -OCH3 is 1. The van der Waals surface area contributed by atoms with E-state index in [1.54, 1.807) is 7.11 Å². The summed E-state index contributed by atoms with van der Waals surface area (Å²) >= 11 is 0. The van der Waals surface area contributed by atoms with Crippen LogP contribution in [0, 0.1) is 0 Å². The molecule has 2 bridgehead atoms. The van der Waals surface area contributed by atoms with E-state index in [1.807, 2.05) is 12.1 Å². The number of rotatable bonds is 6. The number of ether oxygens (including phenoxy) is 1. The number of hydrogen-bond donors (Lipinski definition) is 2.